The van der Waals surface area contributed by atoms with E-state index in [9.17, 15) is 5.11 Å². The van der Waals surface area contributed by atoms with E-state index in [4.69, 9.17) is 4.74 Å². The summed E-state index contributed by atoms with van der Waals surface area (Å²) in [5.41, 5.74) is 0.863. The SMILES string of the molecule is CN1CCO[C@@]12CC[C@@H]1[C@H]3CC[C@H]4C[C@@H](O)CC[C@]4(C)[C@@H]3CC[C@]12C. The summed E-state index contributed by atoms with van der Waals surface area (Å²) in [4.78, 5) is 2.55. The highest BCUT2D eigenvalue weighted by molar-refractivity contribution is 5.15. The zero-order valence-electron chi connectivity index (χ0n) is 16.5. The molecule has 0 radical (unpaired) electrons. The van der Waals surface area contributed by atoms with Crippen LogP contribution in [0.5, 0.6) is 0 Å². The monoisotopic (exact) mass is 347 g/mol. The van der Waals surface area contributed by atoms with Crippen molar-refractivity contribution in [3.8, 4) is 0 Å². The molecule has 4 saturated carbocycles. The molecule has 1 spiro atoms. The van der Waals surface area contributed by atoms with Gasteiger partial charge in [-0.05, 0) is 93.9 Å². The molecule has 5 aliphatic rings. The molecule has 1 aliphatic heterocycles. The summed E-state index contributed by atoms with van der Waals surface area (Å²) in [5.74, 6) is 3.39. The number of ether oxygens (including phenoxy) is 1. The summed E-state index contributed by atoms with van der Waals surface area (Å²) in [7, 11) is 2.30. The molecule has 1 N–H and O–H groups in total. The zero-order valence-corrected chi connectivity index (χ0v) is 16.5. The van der Waals surface area contributed by atoms with E-state index in [-0.39, 0.29) is 11.8 Å². The van der Waals surface area contributed by atoms with Crippen LogP contribution in [0.4, 0.5) is 0 Å². The van der Waals surface area contributed by atoms with Gasteiger partial charge in [0.25, 0.3) is 0 Å². The smallest absolute Gasteiger partial charge is 0.127 e. The highest BCUT2D eigenvalue weighted by atomic mass is 16.5. The lowest BCUT2D eigenvalue weighted by molar-refractivity contribution is -0.196. The summed E-state index contributed by atoms with van der Waals surface area (Å²) >= 11 is 0. The van der Waals surface area contributed by atoms with E-state index in [1.807, 2.05) is 0 Å². The summed E-state index contributed by atoms with van der Waals surface area (Å²) in [6.07, 6.45) is 11.4. The molecule has 5 fully saturated rings. The van der Waals surface area contributed by atoms with Gasteiger partial charge in [0, 0.05) is 12.0 Å². The molecule has 0 aromatic heterocycles. The Balaban J connectivity index is 1.46. The van der Waals surface area contributed by atoms with Crippen molar-refractivity contribution in [2.45, 2.75) is 83.5 Å². The predicted molar refractivity (Wildman–Crippen MR) is 99.0 cm³/mol. The highest BCUT2D eigenvalue weighted by Gasteiger charge is 2.67. The van der Waals surface area contributed by atoms with E-state index >= 15 is 0 Å². The Kier molecular flexibility index (Phi) is 3.71. The third-order valence-electron chi connectivity index (χ3n) is 10.1. The predicted octanol–water partition coefficient (Wildman–Crippen LogP) is 4.05. The topological polar surface area (TPSA) is 32.7 Å². The Morgan fingerprint density at radius 1 is 0.960 bits per heavy atom. The maximum atomic E-state index is 10.2. The lowest BCUT2D eigenvalue weighted by atomic mass is 9.44. The fourth-order valence-electron chi connectivity index (χ4n) is 8.72. The van der Waals surface area contributed by atoms with Crippen molar-refractivity contribution in [1.82, 2.24) is 4.90 Å². The van der Waals surface area contributed by atoms with E-state index in [2.05, 4.69) is 25.8 Å². The Labute approximate surface area is 153 Å². The molecule has 5 rings (SSSR count). The second kappa shape index (κ2) is 5.45. The third-order valence-corrected chi connectivity index (χ3v) is 10.1. The quantitative estimate of drug-likeness (QED) is 0.717. The second-order valence-electron chi connectivity index (χ2n) is 10.6. The minimum atomic E-state index is -0.0289. The molecule has 0 amide bonds. The van der Waals surface area contributed by atoms with Crippen LogP contribution in [-0.2, 0) is 4.74 Å². The minimum Gasteiger partial charge on any atom is -0.393 e. The van der Waals surface area contributed by atoms with E-state index in [0.29, 0.717) is 10.8 Å². The van der Waals surface area contributed by atoms with Crippen LogP contribution in [0.3, 0.4) is 0 Å². The van der Waals surface area contributed by atoms with Crippen LogP contribution in [0.1, 0.15) is 71.6 Å². The molecule has 25 heavy (non-hydrogen) atoms. The zero-order chi connectivity index (χ0) is 17.4. The molecule has 3 heteroatoms. The Morgan fingerprint density at radius 3 is 2.52 bits per heavy atom. The number of fused-ring (bicyclic) bond motifs is 6. The Morgan fingerprint density at radius 2 is 1.76 bits per heavy atom. The van der Waals surface area contributed by atoms with Crippen molar-refractivity contribution in [2.24, 2.45) is 34.5 Å². The first-order valence-corrected chi connectivity index (χ1v) is 10.9. The number of hydrogen-bond acceptors (Lipinski definition) is 3. The van der Waals surface area contributed by atoms with Crippen LogP contribution in [0.25, 0.3) is 0 Å². The van der Waals surface area contributed by atoms with Gasteiger partial charge in [0.1, 0.15) is 5.72 Å². The summed E-state index contributed by atoms with van der Waals surface area (Å²) in [5, 5.41) is 10.2. The van der Waals surface area contributed by atoms with Crippen molar-refractivity contribution in [3.63, 3.8) is 0 Å². The molecular formula is C22H37NO2. The van der Waals surface area contributed by atoms with Gasteiger partial charge in [0.2, 0.25) is 0 Å². The van der Waals surface area contributed by atoms with E-state index in [1.165, 1.54) is 44.9 Å². The molecule has 1 saturated heterocycles. The van der Waals surface area contributed by atoms with Crippen LogP contribution in [-0.4, -0.2) is 42.0 Å². The molecule has 142 valence electrons. The normalized spacial score (nSPS) is 58.8. The second-order valence-corrected chi connectivity index (χ2v) is 10.6. The van der Waals surface area contributed by atoms with Gasteiger partial charge in [-0.1, -0.05) is 13.8 Å². The first-order valence-electron chi connectivity index (χ1n) is 10.9. The maximum absolute atomic E-state index is 10.2. The van der Waals surface area contributed by atoms with Crippen molar-refractivity contribution >= 4 is 0 Å². The Hall–Kier alpha value is -0.120. The molecule has 0 unspecified atom stereocenters. The summed E-state index contributed by atoms with van der Waals surface area (Å²) in [6, 6.07) is 0. The van der Waals surface area contributed by atoms with Crippen LogP contribution in [0, 0.1) is 34.5 Å². The molecule has 0 aromatic carbocycles. The number of aliphatic hydroxyl groups is 1. The van der Waals surface area contributed by atoms with Crippen molar-refractivity contribution < 1.29 is 9.84 Å². The van der Waals surface area contributed by atoms with Gasteiger partial charge in [0.15, 0.2) is 0 Å². The van der Waals surface area contributed by atoms with Gasteiger partial charge < -0.3 is 9.84 Å². The van der Waals surface area contributed by atoms with Crippen molar-refractivity contribution in [2.75, 3.05) is 20.2 Å². The van der Waals surface area contributed by atoms with E-state index in [0.717, 1.165) is 49.7 Å². The fraction of sp³-hybridized carbons (Fsp3) is 1.00. The molecule has 0 bridgehead atoms. The summed E-state index contributed by atoms with van der Waals surface area (Å²) in [6.45, 7) is 7.19. The molecule has 8 atom stereocenters. The van der Waals surface area contributed by atoms with Crippen LogP contribution >= 0.6 is 0 Å². The van der Waals surface area contributed by atoms with Crippen molar-refractivity contribution in [1.29, 1.82) is 0 Å². The minimum absolute atomic E-state index is 0.0289. The molecule has 0 aromatic rings. The molecule has 4 aliphatic carbocycles. The van der Waals surface area contributed by atoms with Crippen LogP contribution < -0.4 is 0 Å². The van der Waals surface area contributed by atoms with Crippen LogP contribution in [0.15, 0.2) is 0 Å². The number of nitrogens with zero attached hydrogens (tertiary/aromatic N) is 1. The first kappa shape index (κ1) is 17.0. The fourth-order valence-corrected chi connectivity index (χ4v) is 8.72. The van der Waals surface area contributed by atoms with E-state index < -0.39 is 0 Å². The van der Waals surface area contributed by atoms with Gasteiger partial charge in [0.05, 0.1) is 12.7 Å². The molecular weight excluding hydrogens is 310 g/mol. The molecule has 1 heterocycles. The first-order chi connectivity index (χ1) is 11.9. The van der Waals surface area contributed by atoms with Gasteiger partial charge in [-0.3, -0.25) is 4.90 Å². The Bertz CT molecular complexity index is 552. The number of likely N-dealkylation sites (N-methyl/N-ethyl adjacent to an activating group) is 1. The van der Waals surface area contributed by atoms with E-state index in [1.54, 1.807) is 0 Å². The lowest BCUT2D eigenvalue weighted by Crippen LogP contribution is -2.59. The van der Waals surface area contributed by atoms with Gasteiger partial charge in [-0.15, -0.1) is 0 Å². The van der Waals surface area contributed by atoms with Gasteiger partial charge >= 0.3 is 0 Å². The standard InChI is InChI=1S/C22H37NO2/c1-20-9-6-16(24)14-15(20)4-5-17-18(20)7-10-21(2)19(17)8-11-22(21)23(3)12-13-25-22/h15-19,24H,4-14H2,1-3H3/t15-,16-,17-,18+,19+,20-,21+,22+/m0/s1. The lowest BCUT2D eigenvalue weighted by Gasteiger charge is -2.62. The third kappa shape index (κ3) is 2.04. The van der Waals surface area contributed by atoms with Gasteiger partial charge in [-0.2, -0.15) is 0 Å². The van der Waals surface area contributed by atoms with Crippen molar-refractivity contribution in [3.05, 3.63) is 0 Å². The van der Waals surface area contributed by atoms with Gasteiger partial charge in [-0.25, -0.2) is 0 Å². The highest BCUT2D eigenvalue weighted by Crippen LogP contribution is 2.69. The maximum Gasteiger partial charge on any atom is 0.127 e. The number of rotatable bonds is 0. The summed E-state index contributed by atoms with van der Waals surface area (Å²) < 4.78 is 6.50. The van der Waals surface area contributed by atoms with Crippen LogP contribution in [0.2, 0.25) is 0 Å². The molecule has 3 nitrogen and oxygen atoms in total. The largest absolute Gasteiger partial charge is 0.393 e. The number of aliphatic hydroxyl groups excluding tert-OH is 1. The average molecular weight is 348 g/mol. The average Bonchev–Trinajstić information content (AvgIpc) is 3.10. The number of hydrogen-bond donors (Lipinski definition) is 1.